The van der Waals surface area contributed by atoms with Crippen molar-refractivity contribution < 1.29 is 12.8 Å². The van der Waals surface area contributed by atoms with Gasteiger partial charge in [0.05, 0.1) is 12.0 Å². The summed E-state index contributed by atoms with van der Waals surface area (Å²) in [5.74, 6) is -0.741. The first-order chi connectivity index (χ1) is 8.40. The molecule has 96 valence electrons. The van der Waals surface area contributed by atoms with Crippen LogP contribution in [0.3, 0.4) is 0 Å². The third kappa shape index (κ3) is 2.28. The number of nitrogens with two attached hydrogens (primary N) is 1. The van der Waals surface area contributed by atoms with Crippen LogP contribution in [-0.4, -0.2) is 18.0 Å². The van der Waals surface area contributed by atoms with E-state index in [0.29, 0.717) is 0 Å². The largest absolute Gasteiger partial charge is 0.397 e. The predicted octanol–water partition coefficient (Wildman–Crippen LogP) is 0.942. The van der Waals surface area contributed by atoms with Crippen molar-refractivity contribution in [2.45, 2.75) is 5.03 Å². The van der Waals surface area contributed by atoms with Gasteiger partial charge in [0.2, 0.25) is 0 Å². The fraction of sp³-hybridized carbons (Fsp3) is 0.100. The summed E-state index contributed by atoms with van der Waals surface area (Å²) in [6.07, 6.45) is 2.64. The van der Waals surface area contributed by atoms with Crippen molar-refractivity contribution in [1.29, 1.82) is 0 Å². The Balaban J connectivity index is 2.40. The molecule has 2 rings (SSSR count). The molecule has 1 aromatic heterocycles. The van der Waals surface area contributed by atoms with Crippen LogP contribution in [0.2, 0.25) is 0 Å². The van der Waals surface area contributed by atoms with Gasteiger partial charge in [0.25, 0.3) is 10.0 Å². The molecule has 0 fully saturated rings. The molecular weight excluding hydrogens is 259 g/mol. The summed E-state index contributed by atoms with van der Waals surface area (Å²) in [6.45, 7) is 0. The van der Waals surface area contributed by atoms with E-state index in [-0.39, 0.29) is 16.4 Å². The maximum Gasteiger partial charge on any atom is 0.281 e. The number of halogens is 1. The van der Waals surface area contributed by atoms with E-state index in [4.69, 9.17) is 5.73 Å². The number of imidazole rings is 1. The number of sulfonamides is 1. The number of aryl methyl sites for hydroxylation is 1. The molecule has 0 atom stereocenters. The second-order valence-corrected chi connectivity index (χ2v) is 5.32. The third-order valence-corrected chi connectivity index (χ3v) is 3.47. The van der Waals surface area contributed by atoms with E-state index in [1.165, 1.54) is 29.2 Å². The number of hydrogen-bond donors (Lipinski definition) is 2. The van der Waals surface area contributed by atoms with Gasteiger partial charge >= 0.3 is 0 Å². The minimum atomic E-state index is -3.94. The molecule has 0 amide bonds. The van der Waals surface area contributed by atoms with Gasteiger partial charge < -0.3 is 10.3 Å². The summed E-state index contributed by atoms with van der Waals surface area (Å²) < 4.78 is 40.8. The summed E-state index contributed by atoms with van der Waals surface area (Å²) in [5, 5.41) is -0.201. The molecule has 0 radical (unpaired) electrons. The van der Waals surface area contributed by atoms with Crippen LogP contribution < -0.4 is 10.5 Å². The first-order valence-corrected chi connectivity index (χ1v) is 6.43. The Hall–Kier alpha value is -2.09. The monoisotopic (exact) mass is 270 g/mol. The Labute approximate surface area is 103 Å². The summed E-state index contributed by atoms with van der Waals surface area (Å²) in [7, 11) is -2.31. The van der Waals surface area contributed by atoms with E-state index in [2.05, 4.69) is 9.71 Å². The SMILES string of the molecule is Cn1cnc(S(=O)(=O)Nc2c(N)cccc2F)c1. The molecule has 0 aliphatic carbocycles. The number of rotatable bonds is 3. The van der Waals surface area contributed by atoms with Gasteiger partial charge in [-0.2, -0.15) is 8.42 Å². The minimum Gasteiger partial charge on any atom is -0.397 e. The van der Waals surface area contributed by atoms with Crippen LogP contribution in [0.25, 0.3) is 0 Å². The Morgan fingerprint density at radius 1 is 1.44 bits per heavy atom. The van der Waals surface area contributed by atoms with Crippen LogP contribution in [0.4, 0.5) is 15.8 Å². The molecule has 0 saturated heterocycles. The van der Waals surface area contributed by atoms with Gasteiger partial charge in [0, 0.05) is 13.2 Å². The van der Waals surface area contributed by atoms with Gasteiger partial charge in [-0.25, -0.2) is 9.37 Å². The molecular formula is C10H11FN4O2S. The van der Waals surface area contributed by atoms with Crippen molar-refractivity contribution in [2.24, 2.45) is 7.05 Å². The number of para-hydroxylation sites is 1. The zero-order valence-corrected chi connectivity index (χ0v) is 10.3. The van der Waals surface area contributed by atoms with Crippen molar-refractivity contribution in [3.8, 4) is 0 Å². The van der Waals surface area contributed by atoms with Gasteiger partial charge in [0.15, 0.2) is 5.03 Å². The van der Waals surface area contributed by atoms with Crippen molar-refractivity contribution in [1.82, 2.24) is 9.55 Å². The van der Waals surface area contributed by atoms with E-state index in [0.717, 1.165) is 6.07 Å². The van der Waals surface area contributed by atoms with Crippen LogP contribution in [-0.2, 0) is 17.1 Å². The highest BCUT2D eigenvalue weighted by molar-refractivity contribution is 7.92. The maximum atomic E-state index is 13.5. The van der Waals surface area contributed by atoms with Crippen molar-refractivity contribution in [3.63, 3.8) is 0 Å². The fourth-order valence-corrected chi connectivity index (χ4v) is 2.44. The molecule has 8 heteroatoms. The molecule has 0 unspecified atom stereocenters. The average molecular weight is 270 g/mol. The smallest absolute Gasteiger partial charge is 0.281 e. The topological polar surface area (TPSA) is 90.0 Å². The summed E-state index contributed by atoms with van der Waals surface area (Å²) in [6, 6.07) is 3.91. The van der Waals surface area contributed by atoms with Crippen molar-refractivity contribution in [3.05, 3.63) is 36.5 Å². The van der Waals surface area contributed by atoms with E-state index >= 15 is 0 Å². The highest BCUT2D eigenvalue weighted by Gasteiger charge is 2.20. The number of nitrogen functional groups attached to an aromatic ring is 1. The van der Waals surface area contributed by atoms with Crippen LogP contribution in [0.15, 0.2) is 35.7 Å². The fourth-order valence-electron chi connectivity index (χ4n) is 1.36. The average Bonchev–Trinajstić information content (AvgIpc) is 2.71. The Morgan fingerprint density at radius 2 is 2.17 bits per heavy atom. The molecule has 0 aliphatic rings. The standard InChI is InChI=1S/C10H11FN4O2S/c1-15-5-9(13-6-15)18(16,17)14-10-7(11)3-2-4-8(10)12/h2-6,14H,12H2,1H3. The van der Waals surface area contributed by atoms with Gasteiger partial charge in [-0.1, -0.05) is 6.07 Å². The lowest BCUT2D eigenvalue weighted by atomic mass is 10.3. The predicted molar refractivity (Wildman–Crippen MR) is 64.8 cm³/mol. The maximum absolute atomic E-state index is 13.5. The van der Waals surface area contributed by atoms with Crippen LogP contribution >= 0.6 is 0 Å². The summed E-state index contributed by atoms with van der Waals surface area (Å²) >= 11 is 0. The van der Waals surface area contributed by atoms with E-state index in [1.807, 2.05) is 0 Å². The minimum absolute atomic E-state index is 0.00880. The Bertz CT molecular complexity index is 661. The highest BCUT2D eigenvalue weighted by Crippen LogP contribution is 2.24. The number of anilines is 2. The summed E-state index contributed by atoms with van der Waals surface area (Å²) in [4.78, 5) is 3.69. The number of aromatic nitrogens is 2. The number of hydrogen-bond acceptors (Lipinski definition) is 4. The van der Waals surface area contributed by atoms with Crippen molar-refractivity contribution >= 4 is 21.4 Å². The lowest BCUT2D eigenvalue weighted by Crippen LogP contribution is -2.15. The Kier molecular flexibility index (Phi) is 2.95. The second kappa shape index (κ2) is 4.30. The van der Waals surface area contributed by atoms with Crippen LogP contribution in [0.5, 0.6) is 0 Å². The molecule has 0 bridgehead atoms. The normalized spacial score (nSPS) is 11.4. The highest BCUT2D eigenvalue weighted by atomic mass is 32.2. The van der Waals surface area contributed by atoms with Gasteiger partial charge in [-0.3, -0.25) is 4.72 Å². The zero-order chi connectivity index (χ0) is 13.3. The number of nitrogens with zero attached hydrogens (tertiary/aromatic N) is 2. The first kappa shape index (κ1) is 12.4. The van der Waals surface area contributed by atoms with E-state index < -0.39 is 15.8 Å². The molecule has 3 N–H and O–H groups in total. The second-order valence-electron chi connectivity index (χ2n) is 3.69. The molecule has 1 aromatic carbocycles. The molecule has 6 nitrogen and oxygen atoms in total. The number of benzene rings is 1. The quantitative estimate of drug-likeness (QED) is 0.812. The molecule has 2 aromatic rings. The zero-order valence-electron chi connectivity index (χ0n) is 9.46. The third-order valence-electron chi connectivity index (χ3n) is 2.24. The Morgan fingerprint density at radius 3 is 2.72 bits per heavy atom. The van der Waals surface area contributed by atoms with E-state index in [1.54, 1.807) is 7.05 Å². The van der Waals surface area contributed by atoms with Crippen molar-refractivity contribution in [2.75, 3.05) is 10.5 Å². The van der Waals surface area contributed by atoms with Gasteiger partial charge in [-0.05, 0) is 12.1 Å². The first-order valence-electron chi connectivity index (χ1n) is 4.95. The molecule has 18 heavy (non-hydrogen) atoms. The van der Waals surface area contributed by atoms with Gasteiger partial charge in [-0.15, -0.1) is 0 Å². The van der Waals surface area contributed by atoms with Crippen LogP contribution in [0, 0.1) is 5.82 Å². The molecule has 0 spiro atoms. The lowest BCUT2D eigenvalue weighted by molar-refractivity contribution is 0.595. The van der Waals surface area contributed by atoms with Gasteiger partial charge in [0.1, 0.15) is 11.5 Å². The van der Waals surface area contributed by atoms with E-state index in [9.17, 15) is 12.8 Å². The molecule has 0 aliphatic heterocycles. The molecule has 0 saturated carbocycles. The number of nitrogens with one attached hydrogen (secondary N) is 1. The van der Waals surface area contributed by atoms with Crippen LogP contribution in [0.1, 0.15) is 0 Å². The molecule has 1 heterocycles. The summed E-state index contributed by atoms with van der Waals surface area (Å²) in [5.41, 5.74) is 5.25. The lowest BCUT2D eigenvalue weighted by Gasteiger charge is -2.09.